The predicted octanol–water partition coefficient (Wildman–Crippen LogP) is 1.84. The molecule has 0 unspecified atom stereocenters. The molecular formula is C15H31N3O. The monoisotopic (exact) mass is 269 g/mol. The van der Waals surface area contributed by atoms with Crippen LogP contribution in [0, 0.1) is 0 Å². The number of nitrogens with two attached hydrogens (primary N) is 1. The Labute approximate surface area is 118 Å². The summed E-state index contributed by atoms with van der Waals surface area (Å²) in [6.07, 6.45) is 7.34. The van der Waals surface area contributed by atoms with E-state index in [0.717, 1.165) is 64.7 Å². The van der Waals surface area contributed by atoms with Crippen LogP contribution in [0.5, 0.6) is 0 Å². The Kier molecular flexibility index (Phi) is 8.07. The molecule has 0 bridgehead atoms. The zero-order valence-electron chi connectivity index (χ0n) is 12.7. The maximum absolute atomic E-state index is 12.1. The molecule has 1 heterocycles. The van der Waals surface area contributed by atoms with Crippen LogP contribution in [-0.4, -0.2) is 55.0 Å². The van der Waals surface area contributed by atoms with Crippen molar-refractivity contribution in [2.24, 2.45) is 5.73 Å². The third-order valence-corrected chi connectivity index (χ3v) is 4.29. The van der Waals surface area contributed by atoms with E-state index in [1.807, 2.05) is 11.9 Å². The number of carbonyl (C=O) groups is 1. The van der Waals surface area contributed by atoms with E-state index in [9.17, 15) is 4.79 Å². The zero-order chi connectivity index (χ0) is 14.1. The van der Waals surface area contributed by atoms with Gasteiger partial charge in [0.15, 0.2) is 0 Å². The quantitative estimate of drug-likeness (QED) is 0.684. The first-order chi connectivity index (χ1) is 9.19. The van der Waals surface area contributed by atoms with Crippen LogP contribution in [-0.2, 0) is 4.79 Å². The third-order valence-electron chi connectivity index (χ3n) is 4.29. The molecule has 0 aliphatic carbocycles. The molecule has 1 rings (SSSR count). The number of unbranched alkanes of at least 4 members (excludes halogenated alkanes) is 3. The highest BCUT2D eigenvalue weighted by Gasteiger charge is 2.24. The molecule has 112 valence electrons. The topological polar surface area (TPSA) is 49.6 Å². The second-order valence-electron chi connectivity index (χ2n) is 5.62. The highest BCUT2D eigenvalue weighted by atomic mass is 16.2. The molecule has 19 heavy (non-hydrogen) atoms. The minimum atomic E-state index is 0.322. The Morgan fingerprint density at radius 1 is 1.21 bits per heavy atom. The summed E-state index contributed by atoms with van der Waals surface area (Å²) < 4.78 is 0. The number of piperidine rings is 1. The molecule has 0 aromatic heterocycles. The van der Waals surface area contributed by atoms with Crippen molar-refractivity contribution in [3.05, 3.63) is 0 Å². The Morgan fingerprint density at radius 2 is 1.84 bits per heavy atom. The SMILES string of the molecule is CCN1CCC(N(C)C(=O)CCCCCCN)CC1. The lowest BCUT2D eigenvalue weighted by molar-refractivity contribution is -0.133. The molecule has 0 aromatic carbocycles. The molecule has 0 spiro atoms. The summed E-state index contributed by atoms with van der Waals surface area (Å²) in [7, 11) is 1.98. The average Bonchev–Trinajstić information content (AvgIpc) is 2.46. The molecule has 1 fully saturated rings. The third kappa shape index (κ3) is 5.91. The van der Waals surface area contributed by atoms with E-state index >= 15 is 0 Å². The Hall–Kier alpha value is -0.610. The van der Waals surface area contributed by atoms with E-state index in [4.69, 9.17) is 5.73 Å². The van der Waals surface area contributed by atoms with Crippen molar-refractivity contribution in [3.8, 4) is 0 Å². The highest BCUT2D eigenvalue weighted by molar-refractivity contribution is 5.76. The number of carbonyl (C=O) groups excluding carboxylic acids is 1. The fraction of sp³-hybridized carbons (Fsp3) is 0.933. The van der Waals surface area contributed by atoms with E-state index in [-0.39, 0.29) is 0 Å². The second kappa shape index (κ2) is 9.32. The minimum Gasteiger partial charge on any atom is -0.343 e. The van der Waals surface area contributed by atoms with Gasteiger partial charge in [0.1, 0.15) is 0 Å². The second-order valence-corrected chi connectivity index (χ2v) is 5.62. The normalized spacial score (nSPS) is 17.6. The number of likely N-dealkylation sites (tertiary alicyclic amines) is 1. The van der Waals surface area contributed by atoms with Crippen molar-refractivity contribution in [2.45, 2.75) is 57.9 Å². The molecular weight excluding hydrogens is 238 g/mol. The van der Waals surface area contributed by atoms with E-state index in [2.05, 4.69) is 11.8 Å². The van der Waals surface area contributed by atoms with Crippen molar-refractivity contribution < 1.29 is 4.79 Å². The minimum absolute atomic E-state index is 0.322. The molecule has 1 aliphatic rings. The average molecular weight is 269 g/mol. The van der Waals surface area contributed by atoms with Crippen molar-refractivity contribution in [3.63, 3.8) is 0 Å². The van der Waals surface area contributed by atoms with Crippen molar-refractivity contribution in [1.82, 2.24) is 9.80 Å². The van der Waals surface area contributed by atoms with Gasteiger partial charge in [0.25, 0.3) is 0 Å². The Balaban J connectivity index is 2.17. The van der Waals surface area contributed by atoms with Gasteiger partial charge in [-0.05, 0) is 38.8 Å². The number of nitrogens with zero attached hydrogens (tertiary/aromatic N) is 2. The van der Waals surface area contributed by atoms with Crippen LogP contribution in [0.2, 0.25) is 0 Å². The lowest BCUT2D eigenvalue weighted by atomic mass is 10.0. The van der Waals surface area contributed by atoms with Gasteiger partial charge in [0.05, 0.1) is 0 Å². The molecule has 1 amide bonds. The van der Waals surface area contributed by atoms with Gasteiger partial charge in [-0.25, -0.2) is 0 Å². The summed E-state index contributed by atoms with van der Waals surface area (Å²) in [5.74, 6) is 0.322. The van der Waals surface area contributed by atoms with Crippen LogP contribution in [0.3, 0.4) is 0 Å². The first kappa shape index (κ1) is 16.4. The molecule has 2 N–H and O–H groups in total. The van der Waals surface area contributed by atoms with Crippen LogP contribution in [0.4, 0.5) is 0 Å². The van der Waals surface area contributed by atoms with Gasteiger partial charge in [0, 0.05) is 32.6 Å². The first-order valence-corrected chi connectivity index (χ1v) is 7.87. The van der Waals surface area contributed by atoms with Gasteiger partial charge in [-0.2, -0.15) is 0 Å². The van der Waals surface area contributed by atoms with Gasteiger partial charge >= 0.3 is 0 Å². The maximum Gasteiger partial charge on any atom is 0.222 e. The maximum atomic E-state index is 12.1. The Bertz CT molecular complexity index is 250. The van der Waals surface area contributed by atoms with Crippen molar-refractivity contribution in [2.75, 3.05) is 33.2 Å². The van der Waals surface area contributed by atoms with E-state index in [1.54, 1.807) is 0 Å². The summed E-state index contributed by atoms with van der Waals surface area (Å²) in [5.41, 5.74) is 5.46. The number of hydrogen-bond donors (Lipinski definition) is 1. The highest BCUT2D eigenvalue weighted by Crippen LogP contribution is 2.16. The van der Waals surface area contributed by atoms with Crippen molar-refractivity contribution >= 4 is 5.91 Å². The molecule has 1 aliphatic heterocycles. The lowest BCUT2D eigenvalue weighted by Crippen LogP contribution is -2.45. The molecule has 0 radical (unpaired) electrons. The number of amides is 1. The van der Waals surface area contributed by atoms with E-state index in [1.165, 1.54) is 0 Å². The molecule has 0 atom stereocenters. The summed E-state index contributed by atoms with van der Waals surface area (Å²) in [6, 6.07) is 0.458. The summed E-state index contributed by atoms with van der Waals surface area (Å²) >= 11 is 0. The van der Waals surface area contributed by atoms with E-state index in [0.29, 0.717) is 18.4 Å². The van der Waals surface area contributed by atoms with Gasteiger partial charge in [-0.3, -0.25) is 4.79 Å². The Morgan fingerprint density at radius 3 is 2.42 bits per heavy atom. The molecule has 4 nitrogen and oxygen atoms in total. The zero-order valence-corrected chi connectivity index (χ0v) is 12.7. The number of rotatable bonds is 8. The lowest BCUT2D eigenvalue weighted by Gasteiger charge is -2.36. The summed E-state index contributed by atoms with van der Waals surface area (Å²) in [5, 5.41) is 0. The molecule has 0 saturated carbocycles. The summed E-state index contributed by atoms with van der Waals surface area (Å²) in [6.45, 7) is 6.37. The van der Waals surface area contributed by atoms with Gasteiger partial charge < -0.3 is 15.5 Å². The van der Waals surface area contributed by atoms with Gasteiger partial charge in [-0.15, -0.1) is 0 Å². The van der Waals surface area contributed by atoms with Crippen molar-refractivity contribution in [1.29, 1.82) is 0 Å². The van der Waals surface area contributed by atoms with Crippen LogP contribution in [0.25, 0.3) is 0 Å². The fourth-order valence-electron chi connectivity index (χ4n) is 2.78. The van der Waals surface area contributed by atoms with Gasteiger partial charge in [-0.1, -0.05) is 19.8 Å². The smallest absolute Gasteiger partial charge is 0.222 e. The van der Waals surface area contributed by atoms with Crippen LogP contribution >= 0.6 is 0 Å². The molecule has 4 heteroatoms. The van der Waals surface area contributed by atoms with Gasteiger partial charge in [0.2, 0.25) is 5.91 Å². The van der Waals surface area contributed by atoms with Crippen LogP contribution < -0.4 is 5.73 Å². The molecule has 0 aromatic rings. The summed E-state index contributed by atoms with van der Waals surface area (Å²) in [4.78, 5) is 16.6. The standard InChI is InChI=1S/C15H31N3O/c1-3-18-12-9-14(10-13-18)17(2)15(19)8-6-4-5-7-11-16/h14H,3-13,16H2,1-2H3. The predicted molar refractivity (Wildman–Crippen MR) is 80.0 cm³/mol. The fourth-order valence-corrected chi connectivity index (χ4v) is 2.78. The van der Waals surface area contributed by atoms with Crippen LogP contribution in [0.15, 0.2) is 0 Å². The first-order valence-electron chi connectivity index (χ1n) is 7.87. The largest absolute Gasteiger partial charge is 0.343 e. The molecule has 1 saturated heterocycles. The number of hydrogen-bond acceptors (Lipinski definition) is 3. The van der Waals surface area contributed by atoms with E-state index < -0.39 is 0 Å². The van der Waals surface area contributed by atoms with Crippen LogP contribution in [0.1, 0.15) is 51.9 Å².